The summed E-state index contributed by atoms with van der Waals surface area (Å²) in [7, 11) is 1.95. The van der Waals surface area contributed by atoms with Gasteiger partial charge in [0.05, 0.1) is 5.69 Å². The van der Waals surface area contributed by atoms with Gasteiger partial charge in [0.2, 0.25) is 0 Å². The molecule has 0 aliphatic heterocycles. The Balaban J connectivity index is 2.59. The average Bonchev–Trinajstić information content (AvgIpc) is 2.60. The molecule has 86 valence electrons. The van der Waals surface area contributed by atoms with Crippen molar-refractivity contribution in [3.8, 4) is 0 Å². The summed E-state index contributed by atoms with van der Waals surface area (Å²) in [6.07, 6.45) is 1.81. The van der Waals surface area contributed by atoms with Gasteiger partial charge in [0.25, 0.3) is 0 Å². The second-order valence-electron chi connectivity index (χ2n) is 4.58. The minimum absolute atomic E-state index is 0.00965. The molecule has 0 saturated carbocycles. The highest BCUT2D eigenvalue weighted by Crippen LogP contribution is 2.15. The van der Waals surface area contributed by atoms with Gasteiger partial charge in [0, 0.05) is 31.9 Å². The zero-order chi connectivity index (χ0) is 11.5. The van der Waals surface area contributed by atoms with Crippen molar-refractivity contribution < 1.29 is 0 Å². The van der Waals surface area contributed by atoms with Gasteiger partial charge in [-0.1, -0.05) is 13.8 Å². The van der Waals surface area contributed by atoms with Gasteiger partial charge >= 0.3 is 0 Å². The monoisotopic (exact) mass is 210 g/mol. The molecule has 4 nitrogen and oxygen atoms in total. The Morgan fingerprint density at radius 1 is 1.60 bits per heavy atom. The van der Waals surface area contributed by atoms with Crippen LogP contribution in [0.1, 0.15) is 26.5 Å². The third-order valence-corrected chi connectivity index (χ3v) is 3.29. The maximum atomic E-state index is 5.80. The molecule has 1 rings (SSSR count). The predicted octanol–water partition coefficient (Wildman–Crippen LogP) is 0.883. The molecular formula is C11H22N4. The molecule has 0 fully saturated rings. The van der Waals surface area contributed by atoms with Gasteiger partial charge in [-0.05, 0) is 18.9 Å². The van der Waals surface area contributed by atoms with E-state index < -0.39 is 0 Å². The fraction of sp³-hybridized carbons (Fsp3) is 0.727. The number of nitrogens with two attached hydrogens (primary N) is 1. The quantitative estimate of drug-likeness (QED) is 0.758. The second kappa shape index (κ2) is 4.77. The van der Waals surface area contributed by atoms with Crippen LogP contribution in [-0.4, -0.2) is 21.9 Å². The highest BCUT2D eigenvalue weighted by molar-refractivity contribution is 5.01. The standard InChI is InChI=1S/C11H22N4/c1-9(2)11(3,8-12)13-7-10-5-6-14-15(10)4/h5-6,9,13H,7-8,12H2,1-4H3. The van der Waals surface area contributed by atoms with Crippen LogP contribution in [-0.2, 0) is 13.6 Å². The molecule has 0 aliphatic rings. The van der Waals surface area contributed by atoms with Crippen LogP contribution >= 0.6 is 0 Å². The molecule has 4 heteroatoms. The summed E-state index contributed by atoms with van der Waals surface area (Å²) in [5, 5.41) is 7.64. The molecule has 0 spiro atoms. The lowest BCUT2D eigenvalue weighted by molar-refractivity contribution is 0.264. The zero-order valence-corrected chi connectivity index (χ0v) is 10.1. The molecule has 0 aliphatic carbocycles. The first kappa shape index (κ1) is 12.2. The van der Waals surface area contributed by atoms with Crippen LogP contribution in [0, 0.1) is 5.92 Å². The predicted molar refractivity (Wildman–Crippen MR) is 62.3 cm³/mol. The van der Waals surface area contributed by atoms with E-state index in [2.05, 4.69) is 31.2 Å². The fourth-order valence-electron chi connectivity index (χ4n) is 1.38. The molecule has 0 bridgehead atoms. The second-order valence-corrected chi connectivity index (χ2v) is 4.58. The van der Waals surface area contributed by atoms with Gasteiger partial charge in [-0.15, -0.1) is 0 Å². The molecular weight excluding hydrogens is 188 g/mol. The molecule has 1 heterocycles. The first-order chi connectivity index (χ1) is 6.99. The number of rotatable bonds is 5. The average molecular weight is 210 g/mol. The Kier molecular flexibility index (Phi) is 3.88. The lowest BCUT2D eigenvalue weighted by Crippen LogP contribution is -2.52. The van der Waals surface area contributed by atoms with E-state index in [4.69, 9.17) is 5.73 Å². The molecule has 1 aromatic heterocycles. The number of aryl methyl sites for hydroxylation is 1. The van der Waals surface area contributed by atoms with E-state index in [0.717, 1.165) is 6.54 Å². The van der Waals surface area contributed by atoms with Crippen molar-refractivity contribution in [2.45, 2.75) is 32.9 Å². The zero-order valence-electron chi connectivity index (χ0n) is 10.1. The van der Waals surface area contributed by atoms with E-state index in [1.165, 1.54) is 5.69 Å². The van der Waals surface area contributed by atoms with Crippen molar-refractivity contribution in [3.05, 3.63) is 18.0 Å². The van der Waals surface area contributed by atoms with Crippen LogP contribution in [0.5, 0.6) is 0 Å². The topological polar surface area (TPSA) is 55.9 Å². The number of nitrogens with zero attached hydrogens (tertiary/aromatic N) is 2. The number of hydrogen-bond donors (Lipinski definition) is 2. The maximum absolute atomic E-state index is 5.80. The highest BCUT2D eigenvalue weighted by atomic mass is 15.3. The Hall–Kier alpha value is -0.870. The lowest BCUT2D eigenvalue weighted by Gasteiger charge is -2.33. The van der Waals surface area contributed by atoms with E-state index in [1.54, 1.807) is 0 Å². The summed E-state index contributed by atoms with van der Waals surface area (Å²) in [6.45, 7) is 7.98. The molecule has 0 aromatic carbocycles. The Morgan fingerprint density at radius 2 is 2.27 bits per heavy atom. The van der Waals surface area contributed by atoms with E-state index in [-0.39, 0.29) is 5.54 Å². The summed E-state index contributed by atoms with van der Waals surface area (Å²) >= 11 is 0. The van der Waals surface area contributed by atoms with E-state index in [9.17, 15) is 0 Å². The number of hydrogen-bond acceptors (Lipinski definition) is 3. The molecule has 0 saturated heterocycles. The molecule has 1 atom stereocenters. The molecule has 15 heavy (non-hydrogen) atoms. The van der Waals surface area contributed by atoms with Crippen molar-refractivity contribution >= 4 is 0 Å². The van der Waals surface area contributed by atoms with Gasteiger partial charge in [-0.3, -0.25) is 4.68 Å². The first-order valence-corrected chi connectivity index (χ1v) is 5.41. The smallest absolute Gasteiger partial charge is 0.0518 e. The molecule has 3 N–H and O–H groups in total. The van der Waals surface area contributed by atoms with E-state index in [0.29, 0.717) is 12.5 Å². The Labute approximate surface area is 91.8 Å². The van der Waals surface area contributed by atoms with Crippen LogP contribution in [0.4, 0.5) is 0 Å². The summed E-state index contributed by atoms with van der Waals surface area (Å²) in [5.74, 6) is 0.510. The maximum Gasteiger partial charge on any atom is 0.0518 e. The van der Waals surface area contributed by atoms with E-state index in [1.807, 2.05) is 24.0 Å². The van der Waals surface area contributed by atoms with Crippen LogP contribution in [0.25, 0.3) is 0 Å². The largest absolute Gasteiger partial charge is 0.329 e. The van der Waals surface area contributed by atoms with Crippen molar-refractivity contribution in [1.29, 1.82) is 0 Å². The summed E-state index contributed by atoms with van der Waals surface area (Å²) in [5.41, 5.74) is 6.97. The van der Waals surface area contributed by atoms with Crippen LogP contribution < -0.4 is 11.1 Å². The lowest BCUT2D eigenvalue weighted by atomic mass is 9.88. The third kappa shape index (κ3) is 2.79. The van der Waals surface area contributed by atoms with Gasteiger partial charge in [-0.2, -0.15) is 5.10 Å². The molecule has 1 aromatic rings. The molecule has 0 radical (unpaired) electrons. The van der Waals surface area contributed by atoms with Crippen molar-refractivity contribution in [3.63, 3.8) is 0 Å². The molecule has 0 amide bonds. The minimum Gasteiger partial charge on any atom is -0.329 e. The van der Waals surface area contributed by atoms with Crippen LogP contribution in [0.3, 0.4) is 0 Å². The number of nitrogens with one attached hydrogen (secondary N) is 1. The fourth-order valence-corrected chi connectivity index (χ4v) is 1.38. The minimum atomic E-state index is -0.00965. The normalized spacial score (nSPS) is 15.6. The van der Waals surface area contributed by atoms with E-state index >= 15 is 0 Å². The Bertz CT molecular complexity index is 305. The first-order valence-electron chi connectivity index (χ1n) is 5.41. The van der Waals surface area contributed by atoms with Gasteiger partial charge in [0.15, 0.2) is 0 Å². The summed E-state index contributed by atoms with van der Waals surface area (Å²) in [4.78, 5) is 0. The summed E-state index contributed by atoms with van der Waals surface area (Å²) in [6, 6.07) is 2.02. The molecule has 1 unspecified atom stereocenters. The van der Waals surface area contributed by atoms with Crippen LogP contribution in [0.2, 0.25) is 0 Å². The summed E-state index contributed by atoms with van der Waals surface area (Å²) < 4.78 is 1.88. The number of aromatic nitrogens is 2. The van der Waals surface area contributed by atoms with Crippen molar-refractivity contribution in [1.82, 2.24) is 15.1 Å². The van der Waals surface area contributed by atoms with Crippen molar-refractivity contribution in [2.24, 2.45) is 18.7 Å². The van der Waals surface area contributed by atoms with Crippen LogP contribution in [0.15, 0.2) is 12.3 Å². The van der Waals surface area contributed by atoms with Gasteiger partial charge in [-0.25, -0.2) is 0 Å². The van der Waals surface area contributed by atoms with Gasteiger partial charge < -0.3 is 11.1 Å². The third-order valence-electron chi connectivity index (χ3n) is 3.29. The van der Waals surface area contributed by atoms with Gasteiger partial charge in [0.1, 0.15) is 0 Å². The van der Waals surface area contributed by atoms with Crippen molar-refractivity contribution in [2.75, 3.05) is 6.54 Å². The SMILES string of the molecule is CC(C)C(C)(CN)NCc1ccnn1C. The highest BCUT2D eigenvalue weighted by Gasteiger charge is 2.25. The Morgan fingerprint density at radius 3 is 2.67 bits per heavy atom.